The molecule has 4 aromatic carbocycles. The molecule has 7 rings (SSSR count). The lowest BCUT2D eigenvalue weighted by atomic mass is 9.94. The molecule has 0 radical (unpaired) electrons. The van der Waals surface area contributed by atoms with Crippen LogP contribution in [0.5, 0.6) is 0 Å². The summed E-state index contributed by atoms with van der Waals surface area (Å²) in [5.41, 5.74) is 9.32. The number of hydrogen-bond donors (Lipinski definition) is 0. The molecular formula is C36H25N3. The molecule has 0 N–H and O–H groups in total. The van der Waals surface area contributed by atoms with Crippen LogP contribution in [0.25, 0.3) is 66.6 Å². The van der Waals surface area contributed by atoms with Gasteiger partial charge >= 0.3 is 0 Å². The second kappa shape index (κ2) is 9.62. The van der Waals surface area contributed by atoms with Gasteiger partial charge in [-0.2, -0.15) is 0 Å². The Balaban J connectivity index is 1.32. The van der Waals surface area contributed by atoms with Crippen molar-refractivity contribution >= 4 is 21.5 Å². The summed E-state index contributed by atoms with van der Waals surface area (Å²) in [6.45, 7) is 2.19. The molecule has 0 fully saturated rings. The van der Waals surface area contributed by atoms with Crippen LogP contribution in [0.15, 0.2) is 134 Å². The second-order valence-electron chi connectivity index (χ2n) is 9.85. The van der Waals surface area contributed by atoms with Gasteiger partial charge < -0.3 is 0 Å². The Morgan fingerprint density at radius 3 is 1.54 bits per heavy atom. The van der Waals surface area contributed by atoms with Crippen molar-refractivity contribution in [2.45, 2.75) is 6.92 Å². The first kappa shape index (κ1) is 23.0. The third-order valence-electron chi connectivity index (χ3n) is 7.26. The molecule has 0 saturated carbocycles. The van der Waals surface area contributed by atoms with Crippen molar-refractivity contribution in [1.29, 1.82) is 0 Å². The van der Waals surface area contributed by atoms with E-state index in [1.165, 1.54) is 38.2 Å². The van der Waals surface area contributed by atoms with Gasteiger partial charge in [-0.3, -0.25) is 9.97 Å². The molecule has 3 heteroatoms. The van der Waals surface area contributed by atoms with Gasteiger partial charge in [0.25, 0.3) is 0 Å². The van der Waals surface area contributed by atoms with E-state index in [-0.39, 0.29) is 0 Å². The molecule has 0 spiro atoms. The monoisotopic (exact) mass is 499 g/mol. The Bertz CT molecular complexity index is 1900. The minimum atomic E-state index is 0.830. The molecule has 3 heterocycles. The van der Waals surface area contributed by atoms with E-state index in [4.69, 9.17) is 4.98 Å². The van der Waals surface area contributed by atoms with Crippen LogP contribution in [0.1, 0.15) is 5.56 Å². The Labute approximate surface area is 227 Å². The molecule has 0 bridgehead atoms. The summed E-state index contributed by atoms with van der Waals surface area (Å²) in [4.78, 5) is 14.0. The van der Waals surface area contributed by atoms with Crippen molar-refractivity contribution in [3.8, 4) is 45.0 Å². The van der Waals surface area contributed by atoms with E-state index in [2.05, 4.69) is 102 Å². The quantitative estimate of drug-likeness (QED) is 0.242. The van der Waals surface area contributed by atoms with Crippen LogP contribution >= 0.6 is 0 Å². The fraction of sp³-hybridized carbons (Fsp3) is 0.0278. The van der Waals surface area contributed by atoms with Crippen molar-refractivity contribution in [3.63, 3.8) is 0 Å². The van der Waals surface area contributed by atoms with Gasteiger partial charge in [0.1, 0.15) is 0 Å². The van der Waals surface area contributed by atoms with Crippen LogP contribution in [-0.2, 0) is 0 Å². The first-order chi connectivity index (χ1) is 19.2. The van der Waals surface area contributed by atoms with Gasteiger partial charge in [0.15, 0.2) is 0 Å². The number of hydrogen-bond acceptors (Lipinski definition) is 3. The average molecular weight is 500 g/mol. The van der Waals surface area contributed by atoms with Gasteiger partial charge in [-0.25, -0.2) is 4.98 Å². The molecule has 0 atom stereocenters. The third kappa shape index (κ3) is 4.45. The Morgan fingerprint density at radius 1 is 0.410 bits per heavy atom. The van der Waals surface area contributed by atoms with Gasteiger partial charge in [-0.05, 0) is 111 Å². The van der Waals surface area contributed by atoms with Gasteiger partial charge in [0, 0.05) is 12.4 Å². The number of aromatic nitrogens is 3. The lowest BCUT2D eigenvalue weighted by Gasteiger charge is -2.11. The van der Waals surface area contributed by atoms with Crippen molar-refractivity contribution in [2.75, 3.05) is 0 Å². The summed E-state index contributed by atoms with van der Waals surface area (Å²) < 4.78 is 0. The predicted octanol–water partition coefficient (Wildman–Crippen LogP) is 9.15. The molecule has 0 unspecified atom stereocenters. The smallest absolute Gasteiger partial charge is 0.0900 e. The van der Waals surface area contributed by atoms with Crippen molar-refractivity contribution in [3.05, 3.63) is 139 Å². The largest absolute Gasteiger partial charge is 0.255 e. The first-order valence-corrected chi connectivity index (χ1v) is 13.1. The van der Waals surface area contributed by atoms with Crippen LogP contribution < -0.4 is 0 Å². The Hall–Kier alpha value is -5.15. The number of benzene rings is 4. The summed E-state index contributed by atoms with van der Waals surface area (Å²) >= 11 is 0. The lowest BCUT2D eigenvalue weighted by Crippen LogP contribution is -1.94. The predicted molar refractivity (Wildman–Crippen MR) is 161 cm³/mol. The first-order valence-electron chi connectivity index (χ1n) is 13.1. The molecule has 7 aromatic rings. The van der Waals surface area contributed by atoms with Crippen LogP contribution in [0, 0.1) is 6.92 Å². The maximum atomic E-state index is 4.91. The van der Waals surface area contributed by atoms with Crippen molar-refractivity contribution in [2.24, 2.45) is 0 Å². The van der Waals surface area contributed by atoms with Gasteiger partial charge in [0.05, 0.1) is 22.8 Å². The standard InChI is InChI=1S/C36H25N3/c1-24-18-30(21-29-8-2-3-9-32(24)29)27-14-12-26-20-28(15-13-25(26)19-27)31-22-35(33-10-4-6-16-37-33)39-36(23-31)34-11-5-7-17-38-34/h2-23H,1H3. The number of nitrogens with zero attached hydrogens (tertiary/aromatic N) is 3. The van der Waals surface area contributed by atoms with E-state index < -0.39 is 0 Å². The fourth-order valence-corrected chi connectivity index (χ4v) is 5.26. The van der Waals surface area contributed by atoms with E-state index in [0.717, 1.165) is 33.9 Å². The van der Waals surface area contributed by atoms with Crippen LogP contribution in [0.2, 0.25) is 0 Å². The Kier molecular flexibility index (Phi) is 5.68. The topological polar surface area (TPSA) is 38.7 Å². The molecule has 3 nitrogen and oxygen atoms in total. The molecule has 0 aliphatic carbocycles. The molecule has 0 aliphatic heterocycles. The molecule has 0 aliphatic rings. The zero-order chi connectivity index (χ0) is 26.2. The van der Waals surface area contributed by atoms with Gasteiger partial charge in [-0.15, -0.1) is 0 Å². The maximum absolute atomic E-state index is 4.91. The van der Waals surface area contributed by atoms with E-state index >= 15 is 0 Å². The van der Waals surface area contributed by atoms with E-state index in [1.807, 2.05) is 36.4 Å². The second-order valence-corrected chi connectivity index (χ2v) is 9.85. The fourth-order valence-electron chi connectivity index (χ4n) is 5.26. The maximum Gasteiger partial charge on any atom is 0.0900 e. The van der Waals surface area contributed by atoms with Crippen LogP contribution in [0.4, 0.5) is 0 Å². The highest BCUT2D eigenvalue weighted by Crippen LogP contribution is 2.33. The van der Waals surface area contributed by atoms with Gasteiger partial charge in [-0.1, -0.05) is 66.7 Å². The molecule has 39 heavy (non-hydrogen) atoms. The molecule has 0 saturated heterocycles. The minimum absolute atomic E-state index is 0.830. The summed E-state index contributed by atoms with van der Waals surface area (Å²) in [5, 5.41) is 4.99. The zero-order valence-electron chi connectivity index (χ0n) is 21.5. The highest BCUT2D eigenvalue weighted by atomic mass is 14.8. The molecule has 184 valence electrons. The van der Waals surface area contributed by atoms with Crippen molar-refractivity contribution < 1.29 is 0 Å². The highest BCUT2D eigenvalue weighted by molar-refractivity contribution is 5.94. The summed E-state index contributed by atoms with van der Waals surface area (Å²) in [6.07, 6.45) is 3.60. The molecule has 3 aromatic heterocycles. The minimum Gasteiger partial charge on any atom is -0.255 e. The summed E-state index contributed by atoms with van der Waals surface area (Å²) in [5.74, 6) is 0. The Morgan fingerprint density at radius 2 is 0.949 bits per heavy atom. The molecule has 0 amide bonds. The number of rotatable bonds is 4. The number of pyridine rings is 3. The number of aryl methyl sites for hydroxylation is 1. The van der Waals surface area contributed by atoms with E-state index in [0.29, 0.717) is 0 Å². The van der Waals surface area contributed by atoms with Gasteiger partial charge in [0.2, 0.25) is 0 Å². The third-order valence-corrected chi connectivity index (χ3v) is 7.26. The zero-order valence-corrected chi connectivity index (χ0v) is 21.5. The highest BCUT2D eigenvalue weighted by Gasteiger charge is 2.11. The average Bonchev–Trinajstić information content (AvgIpc) is 3.01. The normalized spacial score (nSPS) is 11.2. The van der Waals surface area contributed by atoms with E-state index in [1.54, 1.807) is 12.4 Å². The SMILES string of the molecule is Cc1cc(-c2ccc3cc(-c4cc(-c5ccccn5)nc(-c5ccccn5)c4)ccc3c2)cc2ccccc12. The number of fused-ring (bicyclic) bond motifs is 2. The van der Waals surface area contributed by atoms with Crippen molar-refractivity contribution in [1.82, 2.24) is 15.0 Å². The van der Waals surface area contributed by atoms with E-state index in [9.17, 15) is 0 Å². The van der Waals surface area contributed by atoms with Crippen LogP contribution in [-0.4, -0.2) is 15.0 Å². The summed E-state index contributed by atoms with van der Waals surface area (Å²) in [6, 6.07) is 42.6. The lowest BCUT2D eigenvalue weighted by molar-refractivity contribution is 1.22. The van der Waals surface area contributed by atoms with Crippen LogP contribution in [0.3, 0.4) is 0 Å². The summed E-state index contributed by atoms with van der Waals surface area (Å²) in [7, 11) is 0. The molecular weight excluding hydrogens is 474 g/mol.